The second-order valence-electron chi connectivity index (χ2n) is 6.17. The van der Waals surface area contributed by atoms with Crippen molar-refractivity contribution in [3.63, 3.8) is 0 Å². The van der Waals surface area contributed by atoms with Gasteiger partial charge in [0.15, 0.2) is 0 Å². The van der Waals surface area contributed by atoms with Gasteiger partial charge in [-0.25, -0.2) is 4.39 Å². The van der Waals surface area contributed by atoms with E-state index in [-0.39, 0.29) is 11.5 Å². The minimum Gasteiger partial charge on any atom is -0.352 e. The molecule has 1 aliphatic heterocycles. The predicted octanol–water partition coefficient (Wildman–Crippen LogP) is 2.46. The first kappa shape index (κ1) is 18.0. The number of hydrogen-bond donors (Lipinski definition) is 2. The van der Waals surface area contributed by atoms with E-state index >= 15 is 0 Å². The summed E-state index contributed by atoms with van der Waals surface area (Å²) < 4.78 is 13.6. The van der Waals surface area contributed by atoms with Gasteiger partial charge >= 0.3 is 0 Å². The smallest absolute Gasteiger partial charge is 0.244 e. The van der Waals surface area contributed by atoms with Gasteiger partial charge in [-0.15, -0.1) is 0 Å². The molecule has 1 saturated heterocycles. The summed E-state index contributed by atoms with van der Waals surface area (Å²) in [7, 11) is 0. The van der Waals surface area contributed by atoms with Gasteiger partial charge in [0.2, 0.25) is 5.91 Å². The zero-order chi connectivity index (χ0) is 16.7. The lowest BCUT2D eigenvalue weighted by Gasteiger charge is -2.30. The lowest BCUT2D eigenvalue weighted by molar-refractivity contribution is -0.928. The standard InChI is InChI=1S/C18H24ClFN2O/c1-14-6-2-3-12-22(14)13-5-11-21-18(23)10-9-15-16(19)7-4-8-17(15)20/h4,7-10,14H,2-3,5-6,11-13H2,1H3,(H,21,23)/p+1/b10-9+/t14-/m0/s1. The molecule has 0 radical (unpaired) electrons. The molecule has 0 spiro atoms. The summed E-state index contributed by atoms with van der Waals surface area (Å²) in [4.78, 5) is 13.4. The molecule has 5 heteroatoms. The predicted molar refractivity (Wildman–Crippen MR) is 92.1 cm³/mol. The Hall–Kier alpha value is -1.39. The van der Waals surface area contributed by atoms with Crippen molar-refractivity contribution in [1.82, 2.24) is 5.32 Å². The molecule has 1 fully saturated rings. The van der Waals surface area contributed by atoms with E-state index in [0.29, 0.717) is 11.6 Å². The highest BCUT2D eigenvalue weighted by Crippen LogP contribution is 2.20. The van der Waals surface area contributed by atoms with Crippen LogP contribution in [0.25, 0.3) is 6.08 Å². The maximum Gasteiger partial charge on any atom is 0.244 e. The van der Waals surface area contributed by atoms with Gasteiger partial charge in [0.05, 0.1) is 24.2 Å². The van der Waals surface area contributed by atoms with Crippen LogP contribution in [0.3, 0.4) is 0 Å². The summed E-state index contributed by atoms with van der Waals surface area (Å²) in [5.41, 5.74) is 0.246. The monoisotopic (exact) mass is 339 g/mol. The highest BCUT2D eigenvalue weighted by Gasteiger charge is 2.20. The fourth-order valence-electron chi connectivity index (χ4n) is 3.04. The summed E-state index contributed by atoms with van der Waals surface area (Å²) in [6.45, 7) is 5.27. The van der Waals surface area contributed by atoms with Crippen molar-refractivity contribution in [2.45, 2.75) is 38.6 Å². The molecule has 1 aromatic rings. The first-order valence-corrected chi connectivity index (χ1v) is 8.70. The molecule has 0 aliphatic carbocycles. The number of benzene rings is 1. The summed E-state index contributed by atoms with van der Waals surface area (Å²) in [6, 6.07) is 5.19. The molecule has 0 aromatic heterocycles. The molecule has 2 N–H and O–H groups in total. The number of piperidine rings is 1. The van der Waals surface area contributed by atoms with Gasteiger partial charge in [0, 0.05) is 24.6 Å². The molecule has 1 amide bonds. The Bertz CT molecular complexity index is 542. The molecule has 3 nitrogen and oxygen atoms in total. The van der Waals surface area contributed by atoms with E-state index in [1.54, 1.807) is 17.0 Å². The van der Waals surface area contributed by atoms with Crippen molar-refractivity contribution < 1.29 is 14.1 Å². The van der Waals surface area contributed by atoms with Gasteiger partial charge in [-0.3, -0.25) is 4.79 Å². The summed E-state index contributed by atoms with van der Waals surface area (Å²) in [5, 5.41) is 3.14. The fourth-order valence-corrected chi connectivity index (χ4v) is 3.27. The number of carbonyl (C=O) groups is 1. The third kappa shape index (κ3) is 5.63. The Morgan fingerprint density at radius 1 is 1.48 bits per heavy atom. The molecule has 1 heterocycles. The van der Waals surface area contributed by atoms with Crippen LogP contribution in [-0.2, 0) is 4.79 Å². The Balaban J connectivity index is 1.72. The van der Waals surface area contributed by atoms with Crippen molar-refractivity contribution in [3.8, 4) is 0 Å². The van der Waals surface area contributed by atoms with Crippen molar-refractivity contribution >= 4 is 23.6 Å². The molecule has 0 bridgehead atoms. The highest BCUT2D eigenvalue weighted by atomic mass is 35.5. The zero-order valence-corrected chi connectivity index (χ0v) is 14.3. The van der Waals surface area contributed by atoms with Crippen LogP contribution in [0, 0.1) is 5.82 Å². The Morgan fingerprint density at radius 3 is 3.04 bits per heavy atom. The number of hydrogen-bond acceptors (Lipinski definition) is 1. The van der Waals surface area contributed by atoms with Crippen LogP contribution in [0.1, 0.15) is 38.2 Å². The average Bonchev–Trinajstić information content (AvgIpc) is 2.52. The van der Waals surface area contributed by atoms with Gasteiger partial charge in [0.1, 0.15) is 5.82 Å². The molecular weight excluding hydrogens is 315 g/mol. The molecule has 1 aromatic carbocycles. The van der Waals surface area contributed by atoms with Gasteiger partial charge in [0.25, 0.3) is 0 Å². The molecule has 126 valence electrons. The molecule has 2 atom stereocenters. The maximum atomic E-state index is 13.6. The summed E-state index contributed by atoms with van der Waals surface area (Å²) in [5.74, 6) is -0.643. The number of amides is 1. The van der Waals surface area contributed by atoms with Crippen LogP contribution < -0.4 is 10.2 Å². The van der Waals surface area contributed by atoms with E-state index in [2.05, 4.69) is 12.2 Å². The second kappa shape index (κ2) is 9.04. The average molecular weight is 340 g/mol. The number of halogens is 2. The van der Waals surface area contributed by atoms with Crippen molar-refractivity contribution in [2.24, 2.45) is 0 Å². The van der Waals surface area contributed by atoms with E-state index in [1.165, 1.54) is 44.0 Å². The normalized spacial score (nSPS) is 21.5. The van der Waals surface area contributed by atoms with Crippen LogP contribution in [0.15, 0.2) is 24.3 Å². The molecule has 1 unspecified atom stereocenters. The van der Waals surface area contributed by atoms with E-state index in [9.17, 15) is 9.18 Å². The largest absolute Gasteiger partial charge is 0.352 e. The van der Waals surface area contributed by atoms with E-state index in [1.807, 2.05) is 0 Å². The topological polar surface area (TPSA) is 33.5 Å². The highest BCUT2D eigenvalue weighted by molar-refractivity contribution is 6.32. The molecule has 0 saturated carbocycles. The summed E-state index contributed by atoms with van der Waals surface area (Å²) >= 11 is 5.91. The van der Waals surface area contributed by atoms with Crippen LogP contribution in [0.2, 0.25) is 5.02 Å². The molecule has 1 aliphatic rings. The fraction of sp³-hybridized carbons (Fsp3) is 0.500. The van der Waals surface area contributed by atoms with E-state index in [0.717, 1.165) is 19.0 Å². The second-order valence-corrected chi connectivity index (χ2v) is 6.58. The lowest BCUT2D eigenvalue weighted by Crippen LogP contribution is -3.16. The number of likely N-dealkylation sites (tertiary alicyclic amines) is 1. The van der Waals surface area contributed by atoms with Crippen LogP contribution in [0.5, 0.6) is 0 Å². The number of quaternary nitrogens is 1. The minimum atomic E-state index is -0.427. The Labute approximate surface area is 142 Å². The first-order chi connectivity index (χ1) is 11.1. The number of nitrogens with one attached hydrogen (secondary N) is 2. The molecule has 23 heavy (non-hydrogen) atoms. The summed E-state index contributed by atoms with van der Waals surface area (Å²) in [6.07, 6.45) is 7.65. The Morgan fingerprint density at radius 2 is 2.30 bits per heavy atom. The number of rotatable bonds is 6. The van der Waals surface area contributed by atoms with Crippen LogP contribution >= 0.6 is 11.6 Å². The quantitative estimate of drug-likeness (QED) is 0.606. The third-order valence-electron chi connectivity index (χ3n) is 4.46. The van der Waals surface area contributed by atoms with Gasteiger partial charge in [-0.2, -0.15) is 0 Å². The van der Waals surface area contributed by atoms with Gasteiger partial charge in [-0.1, -0.05) is 17.7 Å². The maximum absolute atomic E-state index is 13.6. The van der Waals surface area contributed by atoms with Crippen LogP contribution in [0.4, 0.5) is 4.39 Å². The van der Waals surface area contributed by atoms with E-state index < -0.39 is 5.82 Å². The van der Waals surface area contributed by atoms with E-state index in [4.69, 9.17) is 11.6 Å². The van der Waals surface area contributed by atoms with Gasteiger partial charge < -0.3 is 10.2 Å². The van der Waals surface area contributed by atoms with Crippen molar-refractivity contribution in [2.75, 3.05) is 19.6 Å². The van der Waals surface area contributed by atoms with Crippen molar-refractivity contribution in [3.05, 3.63) is 40.7 Å². The lowest BCUT2D eigenvalue weighted by atomic mass is 10.0. The van der Waals surface area contributed by atoms with Gasteiger partial charge in [-0.05, 0) is 44.4 Å². The van der Waals surface area contributed by atoms with Crippen LogP contribution in [-0.4, -0.2) is 31.6 Å². The Kier molecular flexibility index (Phi) is 7.06. The van der Waals surface area contributed by atoms with Crippen molar-refractivity contribution in [1.29, 1.82) is 0 Å². The molecular formula is C18H25ClFN2O+. The molecule has 2 rings (SSSR count). The SMILES string of the molecule is C[C@H]1CCCC[NH+]1CCCNC(=O)/C=C/c1c(F)cccc1Cl. The minimum absolute atomic E-state index is 0.217. The third-order valence-corrected chi connectivity index (χ3v) is 4.79. The first-order valence-electron chi connectivity index (χ1n) is 8.32. The number of carbonyl (C=O) groups excluding carboxylic acids is 1. The zero-order valence-electron chi connectivity index (χ0n) is 13.6.